The van der Waals surface area contributed by atoms with Gasteiger partial charge in [0.15, 0.2) is 0 Å². The predicted octanol–water partition coefficient (Wildman–Crippen LogP) is 2.37. The van der Waals surface area contributed by atoms with Crippen molar-refractivity contribution in [1.29, 1.82) is 10.5 Å². The molecule has 0 unspecified atom stereocenters. The lowest BCUT2D eigenvalue weighted by molar-refractivity contribution is -0.124. The number of urea groups is 1. The smallest absolute Gasteiger partial charge is 0.324 e. The van der Waals surface area contributed by atoms with E-state index in [1.165, 1.54) is 0 Å². The molecule has 0 radical (unpaired) electrons. The number of nitrogens with zero attached hydrogens (tertiary/aromatic N) is 4. The van der Waals surface area contributed by atoms with E-state index in [2.05, 4.69) is 16.4 Å². The van der Waals surface area contributed by atoms with E-state index >= 15 is 0 Å². The standard InChI is InChI=1S/C18H13ClN6O2S/c19-11-3-1-10(2-4-11)15-12(7-20)16(22)24-17(13(15)8-21)28-9-14(26)25-6-5-23-18(25)27/h1-4H,5-6,9H2,(H2,22,24)(H,23,27). The molecule has 2 aromatic rings. The summed E-state index contributed by atoms with van der Waals surface area (Å²) in [6.45, 7) is 0.698. The van der Waals surface area contributed by atoms with Crippen LogP contribution in [-0.4, -0.2) is 40.7 Å². The van der Waals surface area contributed by atoms with Gasteiger partial charge in [-0.2, -0.15) is 10.5 Å². The molecule has 0 spiro atoms. The van der Waals surface area contributed by atoms with Crippen molar-refractivity contribution >= 4 is 41.1 Å². The number of hydrogen-bond acceptors (Lipinski definition) is 7. The normalized spacial score (nSPS) is 13.0. The molecular formula is C18H13ClN6O2S. The van der Waals surface area contributed by atoms with Gasteiger partial charge in [0.2, 0.25) is 5.91 Å². The molecular weight excluding hydrogens is 400 g/mol. The number of nitrogens with one attached hydrogen (secondary N) is 1. The Morgan fingerprint density at radius 1 is 1.29 bits per heavy atom. The Kier molecular flexibility index (Phi) is 5.69. The second kappa shape index (κ2) is 8.17. The number of thioether (sulfide) groups is 1. The van der Waals surface area contributed by atoms with Crippen LogP contribution < -0.4 is 11.1 Å². The van der Waals surface area contributed by atoms with Crippen LogP contribution in [0.1, 0.15) is 11.1 Å². The van der Waals surface area contributed by atoms with Crippen molar-refractivity contribution in [3.8, 4) is 23.3 Å². The van der Waals surface area contributed by atoms with Crippen LogP contribution in [0.5, 0.6) is 0 Å². The molecule has 3 rings (SSSR count). The zero-order valence-electron chi connectivity index (χ0n) is 14.4. The van der Waals surface area contributed by atoms with E-state index in [0.29, 0.717) is 29.2 Å². The highest BCUT2D eigenvalue weighted by Crippen LogP contribution is 2.36. The first-order valence-corrected chi connectivity index (χ1v) is 9.43. The number of halogens is 1. The first-order chi connectivity index (χ1) is 13.5. The Morgan fingerprint density at radius 2 is 1.96 bits per heavy atom. The number of carbonyl (C=O) groups is 2. The molecule has 1 aromatic carbocycles. The molecule has 1 saturated heterocycles. The lowest BCUT2D eigenvalue weighted by Crippen LogP contribution is -2.35. The third-order valence-electron chi connectivity index (χ3n) is 4.04. The van der Waals surface area contributed by atoms with Crippen molar-refractivity contribution in [2.24, 2.45) is 0 Å². The van der Waals surface area contributed by atoms with Crippen LogP contribution in [0.2, 0.25) is 5.02 Å². The van der Waals surface area contributed by atoms with Gasteiger partial charge in [0.05, 0.1) is 11.3 Å². The fourth-order valence-electron chi connectivity index (χ4n) is 2.73. The molecule has 3 N–H and O–H groups in total. The summed E-state index contributed by atoms with van der Waals surface area (Å²) >= 11 is 6.92. The summed E-state index contributed by atoms with van der Waals surface area (Å²) in [5.74, 6) is -0.539. The van der Waals surface area contributed by atoms with E-state index < -0.39 is 11.9 Å². The maximum absolute atomic E-state index is 12.3. The Hall–Kier alpha value is -3.27. The number of amides is 3. The fourth-order valence-corrected chi connectivity index (χ4v) is 3.72. The number of nitriles is 2. The van der Waals surface area contributed by atoms with Crippen LogP contribution in [0.3, 0.4) is 0 Å². The van der Waals surface area contributed by atoms with E-state index in [-0.39, 0.29) is 27.7 Å². The van der Waals surface area contributed by atoms with Crippen LogP contribution in [0.25, 0.3) is 11.1 Å². The zero-order chi connectivity index (χ0) is 20.3. The monoisotopic (exact) mass is 412 g/mol. The topological polar surface area (TPSA) is 136 Å². The molecule has 1 fully saturated rings. The number of anilines is 1. The molecule has 28 heavy (non-hydrogen) atoms. The van der Waals surface area contributed by atoms with Crippen molar-refractivity contribution < 1.29 is 9.59 Å². The number of carbonyl (C=O) groups excluding carboxylic acids is 2. The van der Waals surface area contributed by atoms with E-state index in [1.54, 1.807) is 24.3 Å². The largest absolute Gasteiger partial charge is 0.383 e. The summed E-state index contributed by atoms with van der Waals surface area (Å²) < 4.78 is 0. The Labute approximate surface area is 169 Å². The fraction of sp³-hybridized carbons (Fsp3) is 0.167. The van der Waals surface area contributed by atoms with Gasteiger partial charge >= 0.3 is 6.03 Å². The van der Waals surface area contributed by atoms with E-state index in [4.69, 9.17) is 17.3 Å². The summed E-state index contributed by atoms with van der Waals surface area (Å²) in [4.78, 5) is 29.1. The van der Waals surface area contributed by atoms with Gasteiger partial charge < -0.3 is 11.1 Å². The number of nitrogens with two attached hydrogens (primary N) is 1. The van der Waals surface area contributed by atoms with Crippen molar-refractivity contribution in [2.75, 3.05) is 24.6 Å². The molecule has 3 amide bonds. The van der Waals surface area contributed by atoms with Crippen molar-refractivity contribution in [3.05, 3.63) is 40.4 Å². The summed E-state index contributed by atoms with van der Waals surface area (Å²) in [6, 6.07) is 10.2. The Bertz CT molecular complexity index is 1040. The van der Waals surface area contributed by atoms with Gasteiger partial charge in [0.1, 0.15) is 28.5 Å². The average molecular weight is 413 g/mol. The third kappa shape index (κ3) is 3.72. The van der Waals surface area contributed by atoms with Crippen molar-refractivity contribution in [2.45, 2.75) is 5.03 Å². The first kappa shape index (κ1) is 19.5. The molecule has 8 nitrogen and oxygen atoms in total. The van der Waals surface area contributed by atoms with Gasteiger partial charge in [-0.1, -0.05) is 35.5 Å². The molecule has 0 bridgehead atoms. The highest BCUT2D eigenvalue weighted by atomic mass is 35.5. The quantitative estimate of drug-likeness (QED) is 0.735. The van der Waals surface area contributed by atoms with Crippen LogP contribution in [0.15, 0.2) is 29.3 Å². The molecule has 0 saturated carbocycles. The third-order valence-corrected chi connectivity index (χ3v) is 5.25. The number of nitrogen functional groups attached to an aromatic ring is 1. The number of pyridine rings is 1. The number of imide groups is 1. The highest BCUT2D eigenvalue weighted by Gasteiger charge is 2.27. The molecule has 0 atom stereocenters. The number of benzene rings is 1. The van der Waals surface area contributed by atoms with Crippen LogP contribution >= 0.6 is 23.4 Å². The van der Waals surface area contributed by atoms with Crippen molar-refractivity contribution in [1.82, 2.24) is 15.2 Å². The van der Waals surface area contributed by atoms with Gasteiger partial charge in [-0.15, -0.1) is 0 Å². The molecule has 2 heterocycles. The second-order valence-corrected chi connectivity index (χ2v) is 7.12. The van der Waals surface area contributed by atoms with Crippen molar-refractivity contribution in [3.63, 3.8) is 0 Å². The minimum atomic E-state index is -0.444. The zero-order valence-corrected chi connectivity index (χ0v) is 16.0. The van der Waals surface area contributed by atoms with Gasteiger partial charge in [0, 0.05) is 23.7 Å². The summed E-state index contributed by atoms with van der Waals surface area (Å²) in [5.41, 5.74) is 7.06. The summed E-state index contributed by atoms with van der Waals surface area (Å²) in [6.07, 6.45) is 0. The summed E-state index contributed by atoms with van der Waals surface area (Å²) in [5, 5.41) is 22.5. The number of aromatic nitrogens is 1. The lowest BCUT2D eigenvalue weighted by Gasteiger charge is -2.14. The van der Waals surface area contributed by atoms with Crippen LogP contribution in [0, 0.1) is 22.7 Å². The molecule has 1 aliphatic rings. The summed E-state index contributed by atoms with van der Waals surface area (Å²) in [7, 11) is 0. The first-order valence-electron chi connectivity index (χ1n) is 8.07. The molecule has 1 aliphatic heterocycles. The predicted molar refractivity (Wildman–Crippen MR) is 104 cm³/mol. The van der Waals surface area contributed by atoms with Gasteiger partial charge in [-0.3, -0.25) is 9.69 Å². The van der Waals surface area contributed by atoms with Gasteiger partial charge in [-0.05, 0) is 17.7 Å². The Balaban J connectivity index is 1.99. The second-order valence-electron chi connectivity index (χ2n) is 5.72. The average Bonchev–Trinajstić information content (AvgIpc) is 3.12. The van der Waals surface area contributed by atoms with Gasteiger partial charge in [0.25, 0.3) is 0 Å². The van der Waals surface area contributed by atoms with Gasteiger partial charge in [-0.25, -0.2) is 9.78 Å². The van der Waals surface area contributed by atoms with E-state index in [0.717, 1.165) is 16.7 Å². The SMILES string of the molecule is N#Cc1c(N)nc(SCC(=O)N2CCNC2=O)c(C#N)c1-c1ccc(Cl)cc1. The van der Waals surface area contributed by atoms with E-state index in [1.807, 2.05) is 6.07 Å². The van der Waals surface area contributed by atoms with Crippen LogP contribution in [0.4, 0.5) is 10.6 Å². The van der Waals surface area contributed by atoms with E-state index in [9.17, 15) is 20.1 Å². The molecule has 140 valence electrons. The number of hydrogen-bond donors (Lipinski definition) is 2. The molecule has 0 aliphatic carbocycles. The number of rotatable bonds is 4. The molecule has 1 aromatic heterocycles. The minimum Gasteiger partial charge on any atom is -0.383 e. The maximum Gasteiger partial charge on any atom is 0.324 e. The highest BCUT2D eigenvalue weighted by molar-refractivity contribution is 8.00. The molecule has 10 heteroatoms. The Morgan fingerprint density at radius 3 is 2.54 bits per heavy atom. The van der Waals surface area contributed by atoms with Crippen LogP contribution in [-0.2, 0) is 4.79 Å². The lowest BCUT2D eigenvalue weighted by atomic mass is 9.97. The minimum absolute atomic E-state index is 0.0414. The maximum atomic E-state index is 12.3.